The molecule has 1 aliphatic heterocycles. The zero-order valence-electron chi connectivity index (χ0n) is 22.0. The van der Waals surface area contributed by atoms with Gasteiger partial charge in [-0.2, -0.15) is 5.48 Å². The third-order valence-corrected chi connectivity index (χ3v) is 6.01. The molecule has 0 bridgehead atoms. The summed E-state index contributed by atoms with van der Waals surface area (Å²) < 4.78 is 6.47. The summed E-state index contributed by atoms with van der Waals surface area (Å²) in [5.41, 5.74) is 4.68. The second-order valence-corrected chi connectivity index (χ2v) is 11.2. The Hall–Kier alpha value is -1.67. The van der Waals surface area contributed by atoms with E-state index >= 15 is 0 Å². The first-order chi connectivity index (χ1) is 15.9. The maximum absolute atomic E-state index is 12.6. The van der Waals surface area contributed by atoms with Crippen LogP contribution in [-0.2, 0) is 21.0 Å². The number of carbonyl (C=O) groups excluding carboxylic acids is 1. The normalized spacial score (nSPS) is 16.9. The van der Waals surface area contributed by atoms with E-state index in [1.807, 2.05) is 36.5 Å². The van der Waals surface area contributed by atoms with Crippen LogP contribution in [0.4, 0.5) is 0 Å². The summed E-state index contributed by atoms with van der Waals surface area (Å²) in [4.78, 5) is 20.1. The minimum absolute atomic E-state index is 0.198. The predicted octanol–water partition coefficient (Wildman–Crippen LogP) is 5.04. The van der Waals surface area contributed by atoms with E-state index in [9.17, 15) is 4.79 Å². The van der Waals surface area contributed by atoms with Gasteiger partial charge >= 0.3 is 5.97 Å². The zero-order chi connectivity index (χ0) is 25.8. The molecule has 1 heterocycles. The Kier molecular flexibility index (Phi) is 13.1. The first kappa shape index (κ1) is 30.4. The van der Waals surface area contributed by atoms with Crippen molar-refractivity contribution in [3.8, 4) is 0 Å². The first-order valence-corrected chi connectivity index (χ1v) is 12.8. The van der Waals surface area contributed by atoms with Crippen LogP contribution in [0.1, 0.15) is 72.8 Å². The number of rotatable bonds is 9. The summed E-state index contributed by atoms with van der Waals surface area (Å²) in [5.74, 6) is -0.198. The van der Waals surface area contributed by atoms with Gasteiger partial charge in [0.15, 0.2) is 0 Å². The van der Waals surface area contributed by atoms with Crippen molar-refractivity contribution in [1.29, 1.82) is 0 Å². The van der Waals surface area contributed by atoms with Crippen LogP contribution in [0.15, 0.2) is 52.3 Å². The van der Waals surface area contributed by atoms with E-state index in [1.165, 1.54) is 0 Å². The van der Waals surface area contributed by atoms with Gasteiger partial charge in [-0.15, -0.1) is 0 Å². The maximum atomic E-state index is 12.6. The molecule has 0 saturated carbocycles. The molecule has 3 N–H and O–H groups in total. The molecule has 0 spiro atoms. The lowest BCUT2D eigenvalue weighted by Crippen LogP contribution is -2.76. The number of esters is 1. The summed E-state index contributed by atoms with van der Waals surface area (Å²) in [6.45, 7) is 14.2. The number of halogens is 1. The second-order valence-electron chi connectivity index (χ2n) is 10.3. The van der Waals surface area contributed by atoms with E-state index in [1.54, 1.807) is 33.4 Å². The predicted molar refractivity (Wildman–Crippen MR) is 141 cm³/mol. The van der Waals surface area contributed by atoms with Crippen molar-refractivity contribution in [2.24, 2.45) is 5.41 Å². The number of benzene rings is 1. The number of likely N-dealkylation sites (tertiary alicyclic amines) is 1. The van der Waals surface area contributed by atoms with Crippen molar-refractivity contribution in [2.75, 3.05) is 20.2 Å². The Morgan fingerprint density at radius 2 is 1.76 bits per heavy atom. The van der Waals surface area contributed by atoms with Crippen molar-refractivity contribution in [3.63, 3.8) is 0 Å². The van der Waals surface area contributed by atoms with Crippen molar-refractivity contribution >= 4 is 21.9 Å². The van der Waals surface area contributed by atoms with Crippen molar-refractivity contribution in [3.05, 3.63) is 57.8 Å². The highest BCUT2D eigenvalue weighted by Gasteiger charge is 2.29. The number of nitrogens with zero attached hydrogens (tertiary/aromatic N) is 1. The molecule has 7 heteroatoms. The Labute approximate surface area is 214 Å². The van der Waals surface area contributed by atoms with Gasteiger partial charge in [0.1, 0.15) is 12.8 Å². The quantitative estimate of drug-likeness (QED) is 0.261. The minimum atomic E-state index is -0.500. The summed E-state index contributed by atoms with van der Waals surface area (Å²) in [6.07, 6.45) is 5.22. The summed E-state index contributed by atoms with van der Waals surface area (Å²) in [7, 11) is 1.63. The van der Waals surface area contributed by atoms with Crippen LogP contribution >= 0.6 is 15.9 Å². The number of carbonyl (C=O) groups is 1. The molecule has 0 unspecified atom stereocenters. The highest BCUT2D eigenvalue weighted by molar-refractivity contribution is 9.11. The number of piperidine rings is 1. The molecule has 0 amide bonds. The molecule has 192 valence electrons. The SMILES string of the molecule is CC(C)(C)O.CC/C(CC(=O)OCc1ccccc1)=C(\C(Br)=C/[NH2+]OC)N1CCC(C)(C)CC1. The summed E-state index contributed by atoms with van der Waals surface area (Å²) in [5, 5.41) is 8.52. The minimum Gasteiger partial charge on any atom is -0.461 e. The van der Waals surface area contributed by atoms with E-state index in [0.717, 1.165) is 53.7 Å². The molecule has 0 radical (unpaired) electrons. The molecule has 1 saturated heterocycles. The van der Waals surface area contributed by atoms with Gasteiger partial charge in [0.05, 0.1) is 29.3 Å². The molecule has 1 aromatic rings. The monoisotopic (exact) mass is 539 g/mol. The van der Waals surface area contributed by atoms with E-state index in [2.05, 4.69) is 41.6 Å². The van der Waals surface area contributed by atoms with E-state index in [4.69, 9.17) is 14.7 Å². The maximum Gasteiger partial charge on any atom is 0.310 e. The number of aliphatic hydroxyl groups is 1. The van der Waals surface area contributed by atoms with Gasteiger partial charge in [0.25, 0.3) is 0 Å². The van der Waals surface area contributed by atoms with E-state index < -0.39 is 5.60 Å². The Morgan fingerprint density at radius 1 is 1.21 bits per heavy atom. The molecular weight excluding hydrogens is 496 g/mol. The van der Waals surface area contributed by atoms with Crippen LogP contribution in [0.2, 0.25) is 0 Å². The fourth-order valence-electron chi connectivity index (χ4n) is 3.43. The largest absolute Gasteiger partial charge is 0.461 e. The van der Waals surface area contributed by atoms with Crippen molar-refractivity contribution in [2.45, 2.75) is 79.4 Å². The zero-order valence-corrected chi connectivity index (χ0v) is 23.6. The number of hydroxylamine groups is 1. The molecule has 1 aliphatic rings. The van der Waals surface area contributed by atoms with Crippen molar-refractivity contribution < 1.29 is 25.0 Å². The van der Waals surface area contributed by atoms with Crippen LogP contribution in [0.5, 0.6) is 0 Å². The highest BCUT2D eigenvalue weighted by atomic mass is 79.9. The topological polar surface area (TPSA) is 75.6 Å². The lowest BCUT2D eigenvalue weighted by molar-refractivity contribution is -0.842. The average molecular weight is 541 g/mol. The molecule has 0 aromatic heterocycles. The average Bonchev–Trinajstić information content (AvgIpc) is 2.76. The lowest BCUT2D eigenvalue weighted by Gasteiger charge is -2.40. The second kappa shape index (κ2) is 14.7. The van der Waals surface area contributed by atoms with Gasteiger partial charge in [0, 0.05) is 13.1 Å². The Morgan fingerprint density at radius 3 is 2.26 bits per heavy atom. The van der Waals surface area contributed by atoms with Gasteiger partial charge in [0.2, 0.25) is 0 Å². The van der Waals surface area contributed by atoms with Gasteiger partial charge < -0.3 is 14.7 Å². The van der Waals surface area contributed by atoms with Crippen LogP contribution < -0.4 is 5.48 Å². The number of ether oxygens (including phenoxy) is 1. The standard InChI is InChI=1S/C23H33BrN2O3.C4H10O/c1-5-19(15-21(27)29-17-18-9-7-6-8-10-18)22(20(24)16-25-28-4)26-13-11-23(2,3)12-14-26;1-4(2,3)5/h6-10,16,25H,5,11-15,17H2,1-4H3;5H,1-3H3/p+1/b20-16+,22-19-;. The van der Waals surface area contributed by atoms with Crippen LogP contribution in [0.3, 0.4) is 0 Å². The Bertz CT molecular complexity index is 798. The molecular formula is C27H44BrN2O4+. The van der Waals surface area contributed by atoms with Crippen LogP contribution in [0, 0.1) is 5.41 Å². The van der Waals surface area contributed by atoms with Crippen LogP contribution in [0.25, 0.3) is 0 Å². The third kappa shape index (κ3) is 12.7. The molecule has 34 heavy (non-hydrogen) atoms. The van der Waals surface area contributed by atoms with E-state index in [-0.39, 0.29) is 12.4 Å². The number of hydrogen-bond acceptors (Lipinski definition) is 5. The fraction of sp³-hybridized carbons (Fsp3) is 0.593. The molecule has 2 rings (SSSR count). The number of quaternary nitrogens is 1. The molecule has 0 aliphatic carbocycles. The van der Waals surface area contributed by atoms with Crippen molar-refractivity contribution in [1.82, 2.24) is 4.90 Å². The molecule has 1 aromatic carbocycles. The number of allylic oxidation sites excluding steroid dienone is 1. The fourth-order valence-corrected chi connectivity index (χ4v) is 4.06. The summed E-state index contributed by atoms with van der Waals surface area (Å²) in [6, 6.07) is 9.78. The smallest absolute Gasteiger partial charge is 0.310 e. The summed E-state index contributed by atoms with van der Waals surface area (Å²) >= 11 is 3.71. The molecule has 6 nitrogen and oxygen atoms in total. The van der Waals surface area contributed by atoms with Gasteiger partial charge in [-0.3, -0.25) is 4.79 Å². The third-order valence-electron chi connectivity index (χ3n) is 5.37. The number of nitrogens with two attached hydrogens (primary N) is 1. The van der Waals surface area contributed by atoms with Gasteiger partial charge in [-0.05, 0) is 72.5 Å². The molecule has 1 fully saturated rings. The van der Waals surface area contributed by atoms with Gasteiger partial charge in [-0.1, -0.05) is 51.1 Å². The van der Waals surface area contributed by atoms with Gasteiger partial charge in [-0.25, -0.2) is 4.84 Å². The highest BCUT2D eigenvalue weighted by Crippen LogP contribution is 2.35. The lowest BCUT2D eigenvalue weighted by atomic mass is 9.82. The number of hydrogen-bond donors (Lipinski definition) is 2. The van der Waals surface area contributed by atoms with E-state index in [0.29, 0.717) is 12.0 Å². The first-order valence-electron chi connectivity index (χ1n) is 12.0. The van der Waals surface area contributed by atoms with Crippen LogP contribution in [-0.4, -0.2) is 41.8 Å². The Balaban J connectivity index is 0.00000104. The molecule has 0 atom stereocenters.